The number of hydrogen-bond donors (Lipinski definition) is 1. The van der Waals surface area contributed by atoms with Crippen LogP contribution in [0, 0.1) is 20.8 Å². The second-order valence-electron chi connectivity index (χ2n) is 9.54. The van der Waals surface area contributed by atoms with Crippen LogP contribution in [-0.2, 0) is 35.7 Å². The zero-order valence-corrected chi connectivity index (χ0v) is 22.4. The Morgan fingerprint density at radius 2 is 1.62 bits per heavy atom. The van der Waals surface area contributed by atoms with Gasteiger partial charge in [0, 0.05) is 19.2 Å². The Morgan fingerprint density at radius 3 is 2.38 bits per heavy atom. The lowest BCUT2D eigenvalue weighted by Gasteiger charge is -2.15. The number of nitrogens with one attached hydrogen (secondary N) is 1. The molecule has 5 aromatic rings. The maximum Gasteiger partial charge on any atom is 0.263 e. The Hall–Kier alpha value is -4.28. The zero-order chi connectivity index (χ0) is 27.5. The highest BCUT2D eigenvalue weighted by Crippen LogP contribution is 2.17. The van der Waals surface area contributed by atoms with Crippen molar-refractivity contribution in [3.8, 4) is 0 Å². The summed E-state index contributed by atoms with van der Waals surface area (Å²) in [6.45, 7) is 6.72. The number of aromatic amines is 1. The summed E-state index contributed by atoms with van der Waals surface area (Å²) in [6, 6.07) is 13.4. The van der Waals surface area contributed by atoms with E-state index >= 15 is 0 Å². The number of methoxy groups -OCH3 is 1. The van der Waals surface area contributed by atoms with Gasteiger partial charge in [-0.2, -0.15) is 0 Å². The molecule has 0 aliphatic carbocycles. The zero-order valence-electron chi connectivity index (χ0n) is 22.4. The quantitative estimate of drug-likeness (QED) is 0.310. The maximum atomic E-state index is 13.8. The fourth-order valence-electron chi connectivity index (χ4n) is 4.36. The Labute approximate surface area is 224 Å². The maximum absolute atomic E-state index is 13.8. The summed E-state index contributed by atoms with van der Waals surface area (Å²) >= 11 is 0. The first-order valence-electron chi connectivity index (χ1n) is 12.7. The molecule has 5 rings (SSSR count). The highest BCUT2D eigenvalue weighted by molar-refractivity contribution is 5.75. The first-order chi connectivity index (χ1) is 18.8. The Morgan fingerprint density at radius 1 is 0.872 bits per heavy atom. The number of fused-ring (bicyclic) bond motifs is 2. The van der Waals surface area contributed by atoms with Crippen molar-refractivity contribution in [1.29, 1.82) is 0 Å². The monoisotopic (exact) mass is 526 g/mol. The second-order valence-corrected chi connectivity index (χ2v) is 9.54. The van der Waals surface area contributed by atoms with E-state index < -0.39 is 0 Å². The molecule has 0 saturated carbocycles. The fourth-order valence-corrected chi connectivity index (χ4v) is 4.36. The van der Waals surface area contributed by atoms with Crippen LogP contribution in [0.15, 0.2) is 52.1 Å². The summed E-state index contributed by atoms with van der Waals surface area (Å²) in [5.74, 6) is 0.938. The average Bonchev–Trinajstić information content (AvgIpc) is 2.92. The summed E-state index contributed by atoms with van der Waals surface area (Å²) in [5, 5.41) is 0.822. The number of nitrogens with zero attached hydrogens (tertiary/aromatic N) is 5. The Kier molecular flexibility index (Phi) is 7.58. The van der Waals surface area contributed by atoms with Crippen molar-refractivity contribution in [2.24, 2.45) is 0 Å². The van der Waals surface area contributed by atoms with Crippen LogP contribution in [-0.4, -0.2) is 43.2 Å². The molecular weight excluding hydrogens is 496 g/mol. The van der Waals surface area contributed by atoms with Crippen LogP contribution in [0.5, 0.6) is 0 Å². The molecular formula is C29H30N6O4. The summed E-state index contributed by atoms with van der Waals surface area (Å²) in [4.78, 5) is 47.8. The van der Waals surface area contributed by atoms with Crippen LogP contribution in [0.3, 0.4) is 0 Å². The molecule has 1 N–H and O–H groups in total. The standard InChI is InChI=1S/C29H30N6O4/c1-17-12-22-27(30-19(17)3)34-25(16-39-15-20-8-6-5-7-9-20)35(29(22)37)14-23-18(2)13-21-26(31-23)32-24(10-11-38-4)33-28(21)36/h5-9,12-13H,10-11,14-16H2,1-4H3,(H,31,32,33,36). The van der Waals surface area contributed by atoms with Crippen LogP contribution in [0.2, 0.25) is 0 Å². The molecule has 39 heavy (non-hydrogen) atoms. The van der Waals surface area contributed by atoms with Gasteiger partial charge in [0.1, 0.15) is 18.3 Å². The summed E-state index contributed by atoms with van der Waals surface area (Å²) in [7, 11) is 1.59. The minimum atomic E-state index is -0.260. The highest BCUT2D eigenvalue weighted by atomic mass is 16.5. The number of H-pyrrole nitrogens is 1. The number of aryl methyl sites for hydroxylation is 3. The molecule has 1 aromatic carbocycles. The largest absolute Gasteiger partial charge is 0.384 e. The van der Waals surface area contributed by atoms with E-state index in [0.29, 0.717) is 59.0 Å². The molecule has 4 heterocycles. The topological polar surface area (TPSA) is 125 Å². The van der Waals surface area contributed by atoms with E-state index in [0.717, 1.165) is 22.4 Å². The first kappa shape index (κ1) is 26.3. The van der Waals surface area contributed by atoms with E-state index in [1.807, 2.05) is 57.2 Å². The van der Waals surface area contributed by atoms with E-state index in [1.54, 1.807) is 17.7 Å². The van der Waals surface area contributed by atoms with Crippen molar-refractivity contribution in [2.75, 3.05) is 13.7 Å². The van der Waals surface area contributed by atoms with Gasteiger partial charge >= 0.3 is 0 Å². The van der Waals surface area contributed by atoms with Gasteiger partial charge in [-0.3, -0.25) is 14.2 Å². The lowest BCUT2D eigenvalue weighted by molar-refractivity contribution is 0.0987. The van der Waals surface area contributed by atoms with E-state index in [2.05, 4.69) is 15.0 Å². The van der Waals surface area contributed by atoms with Gasteiger partial charge in [-0.15, -0.1) is 0 Å². The summed E-state index contributed by atoms with van der Waals surface area (Å²) in [5.41, 5.74) is 4.34. The summed E-state index contributed by atoms with van der Waals surface area (Å²) in [6.07, 6.45) is 0.454. The molecule has 0 saturated heterocycles. The van der Waals surface area contributed by atoms with Gasteiger partial charge in [0.05, 0.1) is 36.2 Å². The predicted molar refractivity (Wildman–Crippen MR) is 148 cm³/mol. The highest BCUT2D eigenvalue weighted by Gasteiger charge is 2.17. The number of rotatable bonds is 9. The smallest absolute Gasteiger partial charge is 0.263 e. The molecule has 10 nitrogen and oxygen atoms in total. The molecule has 200 valence electrons. The molecule has 4 aromatic heterocycles. The molecule has 0 radical (unpaired) electrons. The first-order valence-corrected chi connectivity index (χ1v) is 12.7. The molecule has 0 unspecified atom stereocenters. The summed E-state index contributed by atoms with van der Waals surface area (Å²) < 4.78 is 12.7. The molecule has 0 aliphatic rings. The molecule has 0 aliphatic heterocycles. The van der Waals surface area contributed by atoms with E-state index in [-0.39, 0.29) is 24.3 Å². The van der Waals surface area contributed by atoms with E-state index in [4.69, 9.17) is 19.4 Å². The number of hydrogen-bond acceptors (Lipinski definition) is 8. The number of ether oxygens (including phenoxy) is 2. The number of aromatic nitrogens is 6. The number of benzene rings is 1. The van der Waals surface area contributed by atoms with Crippen LogP contribution in [0.4, 0.5) is 0 Å². The Balaban J connectivity index is 1.57. The SMILES string of the molecule is COCCc1nc2nc(Cn3c(COCc4ccccc4)nc4nc(C)c(C)cc4c3=O)c(C)cc2c(=O)[nH]1. The molecule has 0 bridgehead atoms. The lowest BCUT2D eigenvalue weighted by Crippen LogP contribution is -2.28. The fraction of sp³-hybridized carbons (Fsp3) is 0.310. The van der Waals surface area contributed by atoms with Crippen LogP contribution in [0.25, 0.3) is 22.1 Å². The van der Waals surface area contributed by atoms with Crippen LogP contribution >= 0.6 is 0 Å². The Bertz CT molecular complexity index is 1780. The number of pyridine rings is 2. The van der Waals surface area contributed by atoms with Gasteiger partial charge in [-0.25, -0.2) is 19.9 Å². The van der Waals surface area contributed by atoms with Crippen molar-refractivity contribution in [3.05, 3.63) is 103 Å². The molecule has 0 amide bonds. The molecule has 0 spiro atoms. The van der Waals surface area contributed by atoms with Gasteiger partial charge in [0.25, 0.3) is 11.1 Å². The van der Waals surface area contributed by atoms with Crippen molar-refractivity contribution >= 4 is 22.1 Å². The minimum Gasteiger partial charge on any atom is -0.384 e. The van der Waals surface area contributed by atoms with Crippen molar-refractivity contribution in [1.82, 2.24) is 29.5 Å². The third kappa shape index (κ3) is 5.62. The molecule has 0 fully saturated rings. The van der Waals surface area contributed by atoms with Crippen LogP contribution < -0.4 is 11.1 Å². The van der Waals surface area contributed by atoms with Crippen molar-refractivity contribution < 1.29 is 9.47 Å². The van der Waals surface area contributed by atoms with Gasteiger partial charge in [-0.05, 0) is 49.6 Å². The van der Waals surface area contributed by atoms with Gasteiger partial charge in [-0.1, -0.05) is 30.3 Å². The lowest BCUT2D eigenvalue weighted by atomic mass is 10.1. The third-order valence-electron chi connectivity index (χ3n) is 6.70. The molecule has 10 heteroatoms. The van der Waals surface area contributed by atoms with Crippen molar-refractivity contribution in [2.45, 2.75) is 47.0 Å². The minimum absolute atomic E-state index is 0.111. The van der Waals surface area contributed by atoms with E-state index in [9.17, 15) is 9.59 Å². The van der Waals surface area contributed by atoms with Gasteiger partial charge < -0.3 is 14.5 Å². The average molecular weight is 527 g/mol. The predicted octanol–water partition coefficient (Wildman–Crippen LogP) is 3.30. The third-order valence-corrected chi connectivity index (χ3v) is 6.70. The van der Waals surface area contributed by atoms with E-state index in [1.165, 1.54) is 0 Å². The second kappa shape index (κ2) is 11.2. The molecule has 0 atom stereocenters. The van der Waals surface area contributed by atoms with Gasteiger partial charge in [0.2, 0.25) is 0 Å². The normalized spacial score (nSPS) is 11.5. The van der Waals surface area contributed by atoms with Crippen LogP contribution in [0.1, 0.15) is 39.7 Å². The van der Waals surface area contributed by atoms with Crippen molar-refractivity contribution in [3.63, 3.8) is 0 Å². The van der Waals surface area contributed by atoms with Gasteiger partial charge in [0.15, 0.2) is 11.3 Å².